The summed E-state index contributed by atoms with van der Waals surface area (Å²) in [6.45, 7) is 1.17. The third-order valence-electron chi connectivity index (χ3n) is 3.76. The van der Waals surface area contributed by atoms with Crippen molar-refractivity contribution in [1.82, 2.24) is 0 Å². The van der Waals surface area contributed by atoms with Crippen LogP contribution in [0.3, 0.4) is 0 Å². The number of halogens is 1. The number of fused-ring (bicyclic) bond motifs is 1. The molecular weight excluding hydrogens is 264 g/mol. The van der Waals surface area contributed by atoms with Crippen LogP contribution < -0.4 is 20.5 Å². The zero-order valence-corrected chi connectivity index (χ0v) is 11.6. The Kier molecular flexibility index (Phi) is 3.71. The first-order valence-corrected chi connectivity index (χ1v) is 7.21. The van der Waals surface area contributed by atoms with Gasteiger partial charge in [-0.25, -0.2) is 0 Å². The monoisotopic (exact) mass is 282 g/mol. The molecule has 1 aliphatic heterocycles. The fourth-order valence-electron chi connectivity index (χ4n) is 2.66. The van der Waals surface area contributed by atoms with Gasteiger partial charge in [0.2, 0.25) is 0 Å². The zero-order chi connectivity index (χ0) is 13.2. The lowest BCUT2D eigenvalue weighted by atomic mass is 9.91. The lowest BCUT2D eigenvalue weighted by Gasteiger charge is -2.28. The first-order chi connectivity index (χ1) is 9.22. The molecule has 2 aliphatic rings. The third kappa shape index (κ3) is 2.90. The second kappa shape index (κ2) is 5.47. The van der Waals surface area contributed by atoms with Gasteiger partial charge in [-0.3, -0.25) is 0 Å². The van der Waals surface area contributed by atoms with Crippen LogP contribution >= 0.6 is 11.6 Å². The van der Waals surface area contributed by atoms with E-state index in [4.69, 9.17) is 26.8 Å². The zero-order valence-electron chi connectivity index (χ0n) is 10.8. The summed E-state index contributed by atoms with van der Waals surface area (Å²) in [6.07, 6.45) is 4.32. The van der Waals surface area contributed by atoms with Crippen molar-refractivity contribution in [1.29, 1.82) is 0 Å². The molecule has 0 spiro atoms. The lowest BCUT2D eigenvalue weighted by molar-refractivity contribution is 0.171. The Morgan fingerprint density at radius 1 is 1.05 bits per heavy atom. The first-order valence-electron chi connectivity index (χ1n) is 6.83. The minimum absolute atomic E-state index is 0.355. The summed E-state index contributed by atoms with van der Waals surface area (Å²) in [5.41, 5.74) is 6.84. The van der Waals surface area contributed by atoms with Crippen molar-refractivity contribution >= 4 is 17.3 Å². The summed E-state index contributed by atoms with van der Waals surface area (Å²) >= 11 is 6.29. The highest BCUT2D eigenvalue weighted by Gasteiger charge is 2.21. The molecule has 0 radical (unpaired) electrons. The predicted molar refractivity (Wildman–Crippen MR) is 76.3 cm³/mol. The van der Waals surface area contributed by atoms with Gasteiger partial charge in [0, 0.05) is 24.2 Å². The van der Waals surface area contributed by atoms with E-state index in [2.05, 4.69) is 5.32 Å². The molecule has 1 heterocycles. The molecule has 3 rings (SSSR count). The number of nitrogens with two attached hydrogens (primary N) is 1. The molecule has 0 bridgehead atoms. The van der Waals surface area contributed by atoms with Crippen LogP contribution in [-0.2, 0) is 0 Å². The van der Waals surface area contributed by atoms with Gasteiger partial charge < -0.3 is 20.5 Å². The SMILES string of the molecule is NC1CCC(Nc2cc3c(cc2Cl)OCCO3)CC1. The van der Waals surface area contributed by atoms with Crippen molar-refractivity contribution < 1.29 is 9.47 Å². The van der Waals surface area contributed by atoms with E-state index in [1.165, 1.54) is 0 Å². The second-order valence-corrected chi connectivity index (χ2v) is 5.64. The van der Waals surface area contributed by atoms with E-state index >= 15 is 0 Å². The van der Waals surface area contributed by atoms with Crippen LogP contribution in [0.2, 0.25) is 5.02 Å². The largest absolute Gasteiger partial charge is 0.486 e. The van der Waals surface area contributed by atoms with Gasteiger partial charge >= 0.3 is 0 Å². The molecule has 1 saturated carbocycles. The summed E-state index contributed by atoms with van der Waals surface area (Å²) in [5.74, 6) is 1.50. The number of ether oxygens (including phenoxy) is 2. The summed E-state index contributed by atoms with van der Waals surface area (Å²) in [5, 5.41) is 4.18. The highest BCUT2D eigenvalue weighted by atomic mass is 35.5. The van der Waals surface area contributed by atoms with E-state index in [-0.39, 0.29) is 0 Å². The molecule has 3 N–H and O–H groups in total. The molecule has 104 valence electrons. The second-order valence-electron chi connectivity index (χ2n) is 5.23. The highest BCUT2D eigenvalue weighted by Crippen LogP contribution is 2.38. The van der Waals surface area contributed by atoms with Gasteiger partial charge in [0.15, 0.2) is 11.5 Å². The Balaban J connectivity index is 1.73. The molecule has 4 nitrogen and oxygen atoms in total. The topological polar surface area (TPSA) is 56.5 Å². The Hall–Kier alpha value is -1.13. The molecule has 0 saturated heterocycles. The van der Waals surface area contributed by atoms with Crippen LogP contribution in [0.4, 0.5) is 5.69 Å². The summed E-state index contributed by atoms with van der Waals surface area (Å²) in [6, 6.07) is 4.56. The Morgan fingerprint density at radius 2 is 1.68 bits per heavy atom. The van der Waals surface area contributed by atoms with Crippen molar-refractivity contribution in [3.63, 3.8) is 0 Å². The van der Waals surface area contributed by atoms with Crippen molar-refractivity contribution in [2.45, 2.75) is 37.8 Å². The number of rotatable bonds is 2. The van der Waals surface area contributed by atoms with Crippen LogP contribution in [0.15, 0.2) is 12.1 Å². The molecule has 19 heavy (non-hydrogen) atoms. The maximum absolute atomic E-state index is 6.29. The van der Waals surface area contributed by atoms with Crippen molar-refractivity contribution in [3.05, 3.63) is 17.2 Å². The molecule has 0 unspecified atom stereocenters. The minimum atomic E-state index is 0.355. The van der Waals surface area contributed by atoms with Crippen molar-refractivity contribution in [2.75, 3.05) is 18.5 Å². The molecule has 0 aromatic heterocycles. The van der Waals surface area contributed by atoms with E-state index in [0.717, 1.165) is 42.9 Å². The van der Waals surface area contributed by atoms with Gasteiger partial charge in [-0.15, -0.1) is 0 Å². The van der Waals surface area contributed by atoms with Crippen LogP contribution in [-0.4, -0.2) is 25.3 Å². The molecular formula is C14H19ClN2O2. The van der Waals surface area contributed by atoms with Gasteiger partial charge in [0.1, 0.15) is 13.2 Å². The molecule has 1 fully saturated rings. The quantitative estimate of drug-likeness (QED) is 0.876. The minimum Gasteiger partial charge on any atom is -0.486 e. The molecule has 1 aromatic rings. The number of nitrogens with one attached hydrogen (secondary N) is 1. The van der Waals surface area contributed by atoms with Gasteiger partial charge in [-0.1, -0.05) is 11.6 Å². The Bertz CT molecular complexity index is 459. The highest BCUT2D eigenvalue weighted by molar-refractivity contribution is 6.33. The maximum Gasteiger partial charge on any atom is 0.163 e. The van der Waals surface area contributed by atoms with E-state index < -0.39 is 0 Å². The van der Waals surface area contributed by atoms with Crippen molar-refractivity contribution in [3.8, 4) is 11.5 Å². The molecule has 1 aliphatic carbocycles. The van der Waals surface area contributed by atoms with Crippen LogP contribution in [0, 0.1) is 0 Å². The van der Waals surface area contributed by atoms with Gasteiger partial charge in [0.25, 0.3) is 0 Å². The fraction of sp³-hybridized carbons (Fsp3) is 0.571. The van der Waals surface area contributed by atoms with E-state index in [0.29, 0.717) is 30.3 Å². The first kappa shape index (κ1) is 12.9. The van der Waals surface area contributed by atoms with E-state index in [9.17, 15) is 0 Å². The normalized spacial score (nSPS) is 26.0. The van der Waals surface area contributed by atoms with Gasteiger partial charge in [0.05, 0.1) is 10.7 Å². The number of anilines is 1. The smallest absolute Gasteiger partial charge is 0.163 e. The number of hydrogen-bond donors (Lipinski definition) is 2. The van der Waals surface area contributed by atoms with Crippen LogP contribution in [0.1, 0.15) is 25.7 Å². The average Bonchev–Trinajstić information content (AvgIpc) is 2.42. The number of benzene rings is 1. The van der Waals surface area contributed by atoms with E-state index in [1.54, 1.807) is 0 Å². The third-order valence-corrected chi connectivity index (χ3v) is 4.08. The molecule has 0 atom stereocenters. The van der Waals surface area contributed by atoms with Crippen LogP contribution in [0.5, 0.6) is 11.5 Å². The molecule has 5 heteroatoms. The average molecular weight is 283 g/mol. The maximum atomic E-state index is 6.29. The summed E-state index contributed by atoms with van der Waals surface area (Å²) in [7, 11) is 0. The van der Waals surface area contributed by atoms with Crippen molar-refractivity contribution in [2.24, 2.45) is 5.73 Å². The summed E-state index contributed by atoms with van der Waals surface area (Å²) in [4.78, 5) is 0. The standard InChI is InChI=1S/C14H19ClN2O2/c15-11-7-13-14(19-6-5-18-13)8-12(11)17-10-3-1-9(16)2-4-10/h7-10,17H,1-6,16H2. The predicted octanol–water partition coefficient (Wildman–Crippen LogP) is 2.79. The number of hydrogen-bond acceptors (Lipinski definition) is 4. The Morgan fingerprint density at radius 3 is 2.37 bits per heavy atom. The van der Waals surface area contributed by atoms with Gasteiger partial charge in [-0.05, 0) is 25.7 Å². The summed E-state index contributed by atoms with van der Waals surface area (Å²) < 4.78 is 11.1. The van der Waals surface area contributed by atoms with E-state index in [1.807, 2.05) is 12.1 Å². The molecule has 0 amide bonds. The lowest BCUT2D eigenvalue weighted by Crippen LogP contribution is -2.32. The Labute approximate surface area is 118 Å². The fourth-order valence-corrected chi connectivity index (χ4v) is 2.87. The molecule has 1 aromatic carbocycles. The van der Waals surface area contributed by atoms with Gasteiger partial charge in [-0.2, -0.15) is 0 Å². The van der Waals surface area contributed by atoms with Crippen LogP contribution in [0.25, 0.3) is 0 Å².